The predicted molar refractivity (Wildman–Crippen MR) is 38.6 cm³/mol. The van der Waals surface area contributed by atoms with Crippen LogP contribution in [0.4, 0.5) is 0 Å². The Bertz CT molecular complexity index is 184. The summed E-state index contributed by atoms with van der Waals surface area (Å²) in [6.07, 6.45) is 1.58. The maximum Gasteiger partial charge on any atom is 0.247 e. The van der Waals surface area contributed by atoms with E-state index in [1.807, 2.05) is 0 Å². The van der Waals surface area contributed by atoms with Crippen LogP contribution in [0.3, 0.4) is 0 Å². The molecule has 1 aliphatic rings. The van der Waals surface area contributed by atoms with Crippen molar-refractivity contribution in [3.05, 3.63) is 11.8 Å². The lowest BCUT2D eigenvalue weighted by Gasteiger charge is -1.97. The number of nitrogens with two attached hydrogens (primary N) is 1. The Morgan fingerprint density at radius 1 is 1.91 bits per heavy atom. The van der Waals surface area contributed by atoms with Crippen molar-refractivity contribution in [2.24, 2.45) is 5.73 Å². The number of ether oxygens (including phenoxy) is 2. The first-order valence-corrected chi connectivity index (χ1v) is 3.40. The molecule has 0 spiro atoms. The molecular formula is C7H11NO3. The molecule has 0 aromatic rings. The summed E-state index contributed by atoms with van der Waals surface area (Å²) >= 11 is 0. The van der Waals surface area contributed by atoms with Crippen LogP contribution >= 0.6 is 0 Å². The van der Waals surface area contributed by atoms with Gasteiger partial charge in [0.2, 0.25) is 5.91 Å². The van der Waals surface area contributed by atoms with Crippen LogP contribution in [0.2, 0.25) is 0 Å². The number of carbonyl (C=O) groups is 1. The van der Waals surface area contributed by atoms with Gasteiger partial charge in [-0.25, -0.2) is 0 Å². The van der Waals surface area contributed by atoms with Crippen molar-refractivity contribution in [3.8, 4) is 0 Å². The summed E-state index contributed by atoms with van der Waals surface area (Å²) < 4.78 is 9.87. The molecule has 1 saturated heterocycles. The summed E-state index contributed by atoms with van der Waals surface area (Å²) in [5, 5.41) is 0. The molecule has 2 N–H and O–H groups in total. The Hall–Kier alpha value is -1.03. The van der Waals surface area contributed by atoms with Crippen LogP contribution in [-0.2, 0) is 14.3 Å². The maximum absolute atomic E-state index is 10.4. The minimum Gasteiger partial charge on any atom is -0.498 e. The fraction of sp³-hybridized carbons (Fsp3) is 0.571. The number of epoxide rings is 1. The molecule has 0 radical (unpaired) electrons. The Kier molecular flexibility index (Phi) is 2.48. The van der Waals surface area contributed by atoms with E-state index in [2.05, 4.69) is 0 Å². The van der Waals surface area contributed by atoms with Crippen molar-refractivity contribution in [1.29, 1.82) is 0 Å². The van der Waals surface area contributed by atoms with Gasteiger partial charge in [0.1, 0.15) is 12.7 Å². The summed E-state index contributed by atoms with van der Waals surface area (Å²) in [4.78, 5) is 10.4. The van der Waals surface area contributed by atoms with Crippen molar-refractivity contribution >= 4 is 5.91 Å². The molecule has 4 nitrogen and oxygen atoms in total. The standard InChI is InChI=1S/C7H11NO3/c1-5(7(8)9)2-10-3-6-4-11-6/h2,6H,3-4H2,1H3,(H2,8,9). The van der Waals surface area contributed by atoms with Gasteiger partial charge >= 0.3 is 0 Å². The molecule has 1 unspecified atom stereocenters. The van der Waals surface area contributed by atoms with E-state index in [9.17, 15) is 4.79 Å². The molecule has 1 amide bonds. The van der Waals surface area contributed by atoms with E-state index in [0.29, 0.717) is 12.2 Å². The second-order valence-electron chi connectivity index (χ2n) is 2.45. The maximum atomic E-state index is 10.4. The molecule has 1 aliphatic heterocycles. The molecule has 1 rings (SSSR count). The van der Waals surface area contributed by atoms with Crippen molar-refractivity contribution in [2.45, 2.75) is 13.0 Å². The van der Waals surface area contributed by atoms with E-state index < -0.39 is 5.91 Å². The third-order valence-corrected chi connectivity index (χ3v) is 1.33. The molecule has 0 bridgehead atoms. The fourth-order valence-electron chi connectivity index (χ4n) is 0.503. The molecule has 1 fully saturated rings. The lowest BCUT2D eigenvalue weighted by molar-refractivity contribution is -0.114. The number of carbonyl (C=O) groups excluding carboxylic acids is 1. The average Bonchev–Trinajstić information content (AvgIpc) is 2.71. The van der Waals surface area contributed by atoms with Crippen LogP contribution in [-0.4, -0.2) is 25.2 Å². The Labute approximate surface area is 65.0 Å². The van der Waals surface area contributed by atoms with Crippen LogP contribution in [0.15, 0.2) is 11.8 Å². The summed E-state index contributed by atoms with van der Waals surface area (Å²) in [5.41, 5.74) is 5.37. The number of primary amides is 1. The molecule has 0 aromatic carbocycles. The zero-order chi connectivity index (χ0) is 8.27. The van der Waals surface area contributed by atoms with Crippen molar-refractivity contribution < 1.29 is 14.3 Å². The number of rotatable bonds is 4. The summed E-state index contributed by atoms with van der Waals surface area (Å²) in [6.45, 7) is 2.87. The topological polar surface area (TPSA) is 64.8 Å². The van der Waals surface area contributed by atoms with E-state index in [1.165, 1.54) is 6.26 Å². The van der Waals surface area contributed by atoms with Gasteiger partial charge in [0.25, 0.3) is 0 Å². The predicted octanol–water partition coefficient (Wildman–Crippen LogP) is -0.209. The van der Waals surface area contributed by atoms with Gasteiger partial charge in [-0.05, 0) is 6.92 Å². The minimum atomic E-state index is -0.457. The van der Waals surface area contributed by atoms with Gasteiger partial charge in [0, 0.05) is 5.57 Å². The SMILES string of the molecule is CC(=COCC1CO1)C(N)=O. The molecule has 0 saturated carbocycles. The highest BCUT2D eigenvalue weighted by Gasteiger charge is 2.22. The summed E-state index contributed by atoms with van der Waals surface area (Å²) in [5.74, 6) is -0.457. The highest BCUT2D eigenvalue weighted by molar-refractivity contribution is 5.90. The summed E-state index contributed by atoms with van der Waals surface area (Å²) in [7, 11) is 0. The first-order valence-electron chi connectivity index (χ1n) is 3.40. The van der Waals surface area contributed by atoms with E-state index in [0.717, 1.165) is 6.61 Å². The van der Waals surface area contributed by atoms with Gasteiger partial charge in [0.05, 0.1) is 12.9 Å². The van der Waals surface area contributed by atoms with Crippen LogP contribution in [0, 0.1) is 0 Å². The zero-order valence-electron chi connectivity index (χ0n) is 6.37. The molecule has 11 heavy (non-hydrogen) atoms. The largest absolute Gasteiger partial charge is 0.498 e. The lowest BCUT2D eigenvalue weighted by atomic mass is 10.3. The normalized spacial score (nSPS) is 23.0. The minimum absolute atomic E-state index is 0.215. The monoisotopic (exact) mass is 157 g/mol. The molecule has 4 heteroatoms. The number of hydrogen-bond acceptors (Lipinski definition) is 3. The molecule has 1 atom stereocenters. The highest BCUT2D eigenvalue weighted by Crippen LogP contribution is 2.08. The highest BCUT2D eigenvalue weighted by atomic mass is 16.6. The third-order valence-electron chi connectivity index (χ3n) is 1.33. The van der Waals surface area contributed by atoms with Gasteiger partial charge in [-0.2, -0.15) is 0 Å². The number of hydrogen-bond donors (Lipinski definition) is 1. The first-order chi connectivity index (χ1) is 5.20. The summed E-state index contributed by atoms with van der Waals surface area (Å²) in [6, 6.07) is 0. The van der Waals surface area contributed by atoms with Gasteiger partial charge in [-0.15, -0.1) is 0 Å². The first kappa shape index (κ1) is 8.07. The molecule has 0 aromatic heterocycles. The van der Waals surface area contributed by atoms with Gasteiger partial charge in [-0.1, -0.05) is 0 Å². The van der Waals surface area contributed by atoms with Crippen LogP contribution in [0.5, 0.6) is 0 Å². The van der Waals surface area contributed by atoms with E-state index in [1.54, 1.807) is 6.92 Å². The van der Waals surface area contributed by atoms with Gasteiger partial charge < -0.3 is 15.2 Å². The fourth-order valence-corrected chi connectivity index (χ4v) is 0.503. The molecule has 0 aliphatic carbocycles. The van der Waals surface area contributed by atoms with Crippen molar-refractivity contribution in [1.82, 2.24) is 0 Å². The lowest BCUT2D eigenvalue weighted by Crippen LogP contribution is -2.12. The number of amides is 1. The molecular weight excluding hydrogens is 146 g/mol. The zero-order valence-corrected chi connectivity index (χ0v) is 6.37. The average molecular weight is 157 g/mol. The van der Waals surface area contributed by atoms with Crippen LogP contribution < -0.4 is 5.73 Å². The van der Waals surface area contributed by atoms with E-state index in [4.69, 9.17) is 15.2 Å². The van der Waals surface area contributed by atoms with E-state index >= 15 is 0 Å². The van der Waals surface area contributed by atoms with E-state index in [-0.39, 0.29) is 6.10 Å². The quantitative estimate of drug-likeness (QED) is 0.349. The van der Waals surface area contributed by atoms with Crippen LogP contribution in [0.1, 0.15) is 6.92 Å². The van der Waals surface area contributed by atoms with Crippen molar-refractivity contribution in [2.75, 3.05) is 13.2 Å². The Balaban J connectivity index is 2.15. The van der Waals surface area contributed by atoms with Crippen molar-refractivity contribution in [3.63, 3.8) is 0 Å². The second kappa shape index (κ2) is 3.39. The third kappa shape index (κ3) is 3.04. The Morgan fingerprint density at radius 3 is 3.00 bits per heavy atom. The van der Waals surface area contributed by atoms with Gasteiger partial charge in [0.15, 0.2) is 0 Å². The van der Waals surface area contributed by atoms with Gasteiger partial charge in [-0.3, -0.25) is 4.79 Å². The van der Waals surface area contributed by atoms with Crippen LogP contribution in [0.25, 0.3) is 0 Å². The Morgan fingerprint density at radius 2 is 2.55 bits per heavy atom. The smallest absolute Gasteiger partial charge is 0.247 e. The molecule has 62 valence electrons. The second-order valence-corrected chi connectivity index (χ2v) is 2.45. The molecule has 1 heterocycles.